The predicted molar refractivity (Wildman–Crippen MR) is 134 cm³/mol. The Bertz CT molecular complexity index is 901. The van der Waals surface area contributed by atoms with Crippen molar-refractivity contribution in [1.82, 2.24) is 9.80 Å². The van der Waals surface area contributed by atoms with Crippen LogP contribution in [-0.2, 0) is 6.54 Å². The zero-order valence-corrected chi connectivity index (χ0v) is 20.5. The second-order valence-electron chi connectivity index (χ2n) is 9.98. The largest absolute Gasteiger partial charge is 0.494 e. The summed E-state index contributed by atoms with van der Waals surface area (Å²) in [6, 6.07) is 16.0. The van der Waals surface area contributed by atoms with Crippen LogP contribution in [0.4, 0.5) is 0 Å². The molecule has 186 valence electrons. The van der Waals surface area contributed by atoms with E-state index in [1.165, 1.54) is 32.4 Å². The summed E-state index contributed by atoms with van der Waals surface area (Å²) in [6.45, 7) is 8.15. The first-order chi connectivity index (χ1) is 16.5. The molecule has 0 saturated carbocycles. The minimum Gasteiger partial charge on any atom is -0.494 e. The van der Waals surface area contributed by atoms with Crippen LogP contribution >= 0.6 is 0 Å². The van der Waals surface area contributed by atoms with Crippen molar-refractivity contribution in [3.8, 4) is 11.5 Å². The van der Waals surface area contributed by atoms with Gasteiger partial charge in [0.25, 0.3) is 0 Å². The number of ether oxygens (including phenoxy) is 2. The van der Waals surface area contributed by atoms with Gasteiger partial charge in [0.2, 0.25) is 0 Å². The Labute approximate surface area is 204 Å². The molecule has 2 aromatic rings. The lowest BCUT2D eigenvalue weighted by Crippen LogP contribution is -2.59. The van der Waals surface area contributed by atoms with Crippen molar-refractivity contribution in [3.05, 3.63) is 59.7 Å². The number of hydrogen-bond donors (Lipinski definition) is 2. The SMILES string of the molecule is Cc1cccc(OC[C@@]2(O)CN(Cc3cccc(OCCCN4CCCCC4)c3)CC[C@@H]2O)c1. The summed E-state index contributed by atoms with van der Waals surface area (Å²) < 4.78 is 11.9. The zero-order valence-electron chi connectivity index (χ0n) is 20.5. The fraction of sp³-hybridized carbons (Fsp3) is 0.571. The van der Waals surface area contributed by atoms with E-state index in [0.29, 0.717) is 25.3 Å². The molecule has 0 aliphatic carbocycles. The van der Waals surface area contributed by atoms with E-state index in [-0.39, 0.29) is 6.61 Å². The number of piperidine rings is 2. The second-order valence-corrected chi connectivity index (χ2v) is 9.98. The Morgan fingerprint density at radius 3 is 2.50 bits per heavy atom. The first-order valence-corrected chi connectivity index (χ1v) is 12.8. The van der Waals surface area contributed by atoms with Gasteiger partial charge >= 0.3 is 0 Å². The molecule has 0 bridgehead atoms. The third-order valence-corrected chi connectivity index (χ3v) is 6.96. The molecule has 0 spiro atoms. The molecule has 2 aliphatic rings. The van der Waals surface area contributed by atoms with Gasteiger partial charge in [-0.25, -0.2) is 0 Å². The maximum Gasteiger partial charge on any atom is 0.137 e. The monoisotopic (exact) mass is 468 g/mol. The number of likely N-dealkylation sites (tertiary alicyclic amines) is 2. The summed E-state index contributed by atoms with van der Waals surface area (Å²) in [5.41, 5.74) is 0.945. The summed E-state index contributed by atoms with van der Waals surface area (Å²) in [5.74, 6) is 1.61. The van der Waals surface area contributed by atoms with Gasteiger partial charge in [-0.1, -0.05) is 30.7 Å². The molecule has 2 fully saturated rings. The summed E-state index contributed by atoms with van der Waals surface area (Å²) in [5, 5.41) is 21.7. The highest BCUT2D eigenvalue weighted by atomic mass is 16.5. The standard InChI is InChI=1S/C28H40N2O4/c1-23-8-5-10-25(18-23)34-22-28(32)21-30(16-12-27(28)31)20-24-9-6-11-26(19-24)33-17-7-15-29-13-3-2-4-14-29/h5-6,8-11,18-19,27,31-32H,2-4,7,12-17,20-22H2,1H3/t27-,28-/m0/s1. The predicted octanol–water partition coefficient (Wildman–Crippen LogP) is 3.63. The van der Waals surface area contributed by atoms with E-state index in [9.17, 15) is 10.2 Å². The molecule has 2 aromatic carbocycles. The van der Waals surface area contributed by atoms with E-state index in [1.54, 1.807) is 0 Å². The maximum atomic E-state index is 11.2. The lowest BCUT2D eigenvalue weighted by Gasteiger charge is -2.42. The molecule has 2 heterocycles. The van der Waals surface area contributed by atoms with E-state index >= 15 is 0 Å². The van der Waals surface area contributed by atoms with Gasteiger partial charge in [0, 0.05) is 26.2 Å². The van der Waals surface area contributed by atoms with Crippen LogP contribution in [0.1, 0.15) is 43.2 Å². The Balaban J connectivity index is 1.26. The highest BCUT2D eigenvalue weighted by molar-refractivity contribution is 5.29. The molecule has 0 radical (unpaired) electrons. The van der Waals surface area contributed by atoms with Gasteiger partial charge < -0.3 is 24.6 Å². The number of aryl methyl sites for hydroxylation is 1. The second kappa shape index (κ2) is 12.0. The zero-order chi connectivity index (χ0) is 23.8. The third kappa shape index (κ3) is 7.19. The Kier molecular flexibility index (Phi) is 8.84. The quantitative estimate of drug-likeness (QED) is 0.519. The summed E-state index contributed by atoms with van der Waals surface area (Å²) in [6.07, 6.45) is 4.77. The van der Waals surface area contributed by atoms with Crippen molar-refractivity contribution in [2.45, 2.75) is 57.3 Å². The summed E-state index contributed by atoms with van der Waals surface area (Å²) in [7, 11) is 0. The molecule has 6 heteroatoms. The Hall–Kier alpha value is -2.12. The smallest absolute Gasteiger partial charge is 0.137 e. The van der Waals surface area contributed by atoms with E-state index < -0.39 is 11.7 Å². The first-order valence-electron chi connectivity index (χ1n) is 12.8. The van der Waals surface area contributed by atoms with Gasteiger partial charge in [-0.3, -0.25) is 4.90 Å². The average molecular weight is 469 g/mol. The van der Waals surface area contributed by atoms with Crippen molar-refractivity contribution in [3.63, 3.8) is 0 Å². The minimum atomic E-state index is -1.30. The van der Waals surface area contributed by atoms with Crippen LogP contribution in [0.2, 0.25) is 0 Å². The maximum absolute atomic E-state index is 11.2. The van der Waals surface area contributed by atoms with Gasteiger partial charge in [0.1, 0.15) is 23.7 Å². The van der Waals surface area contributed by atoms with Gasteiger partial charge in [0.15, 0.2) is 0 Å². The number of aliphatic hydroxyl groups excluding tert-OH is 1. The number of hydrogen-bond acceptors (Lipinski definition) is 6. The summed E-state index contributed by atoms with van der Waals surface area (Å²) >= 11 is 0. The third-order valence-electron chi connectivity index (χ3n) is 6.96. The molecule has 2 saturated heterocycles. The molecule has 2 aliphatic heterocycles. The van der Waals surface area contributed by atoms with E-state index in [1.807, 2.05) is 43.3 Å². The van der Waals surface area contributed by atoms with Gasteiger partial charge in [-0.2, -0.15) is 0 Å². The van der Waals surface area contributed by atoms with E-state index in [0.717, 1.165) is 43.0 Å². The number of nitrogens with zero attached hydrogens (tertiary/aromatic N) is 2. The van der Waals surface area contributed by atoms with Crippen LogP contribution in [0.5, 0.6) is 11.5 Å². The summed E-state index contributed by atoms with van der Waals surface area (Å²) in [4.78, 5) is 4.72. The highest BCUT2D eigenvalue weighted by Crippen LogP contribution is 2.26. The molecular weight excluding hydrogens is 428 g/mol. The molecule has 6 nitrogen and oxygen atoms in total. The molecule has 0 amide bonds. The first kappa shape index (κ1) is 25.0. The van der Waals surface area contributed by atoms with E-state index in [4.69, 9.17) is 9.47 Å². The van der Waals surface area contributed by atoms with Gasteiger partial charge in [-0.15, -0.1) is 0 Å². The molecule has 0 unspecified atom stereocenters. The lowest BCUT2D eigenvalue weighted by atomic mass is 9.90. The number of rotatable bonds is 10. The Morgan fingerprint density at radius 2 is 1.71 bits per heavy atom. The normalized spacial score (nSPS) is 24.1. The van der Waals surface area contributed by atoms with Crippen LogP contribution in [-0.4, -0.2) is 77.7 Å². The lowest BCUT2D eigenvalue weighted by molar-refractivity contribution is -0.140. The average Bonchev–Trinajstić information content (AvgIpc) is 2.84. The fourth-order valence-corrected chi connectivity index (χ4v) is 4.99. The van der Waals surface area contributed by atoms with Crippen molar-refractivity contribution >= 4 is 0 Å². The molecule has 2 N–H and O–H groups in total. The minimum absolute atomic E-state index is 0.0638. The number of β-amino-alcohol motifs (C(OH)–C–C–N with tert-alkyl or cyclic N) is 1. The highest BCUT2D eigenvalue weighted by Gasteiger charge is 2.42. The van der Waals surface area contributed by atoms with Gasteiger partial charge in [0.05, 0.1) is 12.7 Å². The van der Waals surface area contributed by atoms with Crippen molar-refractivity contribution in [1.29, 1.82) is 0 Å². The molecule has 34 heavy (non-hydrogen) atoms. The van der Waals surface area contributed by atoms with Crippen molar-refractivity contribution in [2.75, 3.05) is 45.9 Å². The van der Waals surface area contributed by atoms with Crippen LogP contribution in [0.15, 0.2) is 48.5 Å². The number of benzene rings is 2. The number of aliphatic hydroxyl groups is 2. The Morgan fingerprint density at radius 1 is 0.941 bits per heavy atom. The van der Waals surface area contributed by atoms with Crippen LogP contribution < -0.4 is 9.47 Å². The van der Waals surface area contributed by atoms with Gasteiger partial charge in [-0.05, 0) is 81.1 Å². The van der Waals surface area contributed by atoms with Crippen LogP contribution in [0.3, 0.4) is 0 Å². The molecule has 0 aromatic heterocycles. The van der Waals surface area contributed by atoms with Crippen LogP contribution in [0, 0.1) is 6.92 Å². The van der Waals surface area contributed by atoms with E-state index in [2.05, 4.69) is 21.9 Å². The molecular formula is C28H40N2O4. The molecule has 2 atom stereocenters. The van der Waals surface area contributed by atoms with Crippen molar-refractivity contribution in [2.24, 2.45) is 0 Å². The topological polar surface area (TPSA) is 65.4 Å². The van der Waals surface area contributed by atoms with Crippen molar-refractivity contribution < 1.29 is 19.7 Å². The fourth-order valence-electron chi connectivity index (χ4n) is 4.99. The van der Waals surface area contributed by atoms with Crippen LogP contribution in [0.25, 0.3) is 0 Å². The molecule has 4 rings (SSSR count).